The van der Waals surface area contributed by atoms with E-state index in [1.165, 1.54) is 0 Å². The molecule has 0 bridgehead atoms. The summed E-state index contributed by atoms with van der Waals surface area (Å²) in [6, 6.07) is 5.50. The number of methoxy groups -OCH3 is 1. The van der Waals surface area contributed by atoms with Crippen LogP contribution in [-0.4, -0.2) is 30.9 Å². The first kappa shape index (κ1) is 16.3. The summed E-state index contributed by atoms with van der Waals surface area (Å²) in [5.74, 6) is 0.868. The summed E-state index contributed by atoms with van der Waals surface area (Å²) in [7, 11) is 1.64. The SMILES string of the molecule is COc1ccc(CNC(=O)NC(C)C(C)CO)cc1C. The van der Waals surface area contributed by atoms with Gasteiger partial charge in [-0.15, -0.1) is 0 Å². The van der Waals surface area contributed by atoms with Gasteiger partial charge in [0, 0.05) is 19.2 Å². The summed E-state index contributed by atoms with van der Waals surface area (Å²) in [6.45, 7) is 6.24. The third-order valence-corrected chi connectivity index (χ3v) is 3.41. The lowest BCUT2D eigenvalue weighted by Gasteiger charge is -2.19. The number of nitrogens with one attached hydrogen (secondary N) is 2. The number of aliphatic hydroxyl groups excluding tert-OH is 1. The molecule has 0 aromatic heterocycles. The van der Waals surface area contributed by atoms with E-state index in [1.54, 1.807) is 7.11 Å². The minimum atomic E-state index is -0.230. The van der Waals surface area contributed by atoms with Gasteiger partial charge in [0.15, 0.2) is 0 Å². The second-order valence-electron chi connectivity index (χ2n) is 5.08. The van der Waals surface area contributed by atoms with Crippen molar-refractivity contribution in [2.75, 3.05) is 13.7 Å². The van der Waals surface area contributed by atoms with Crippen LogP contribution in [0.4, 0.5) is 4.79 Å². The van der Waals surface area contributed by atoms with Crippen LogP contribution >= 0.6 is 0 Å². The number of aryl methyl sites for hydroxylation is 1. The van der Waals surface area contributed by atoms with Crippen molar-refractivity contribution >= 4 is 6.03 Å². The zero-order chi connectivity index (χ0) is 15.1. The van der Waals surface area contributed by atoms with Crippen LogP contribution in [0.2, 0.25) is 0 Å². The van der Waals surface area contributed by atoms with Crippen LogP contribution in [0.5, 0.6) is 5.75 Å². The Balaban J connectivity index is 2.47. The van der Waals surface area contributed by atoms with Crippen molar-refractivity contribution < 1.29 is 14.6 Å². The van der Waals surface area contributed by atoms with Crippen LogP contribution in [0.1, 0.15) is 25.0 Å². The molecule has 5 heteroatoms. The van der Waals surface area contributed by atoms with E-state index in [4.69, 9.17) is 9.84 Å². The first-order valence-corrected chi connectivity index (χ1v) is 6.76. The molecule has 2 amide bonds. The number of hydrogen-bond acceptors (Lipinski definition) is 3. The molecule has 2 atom stereocenters. The molecule has 2 unspecified atom stereocenters. The number of carbonyl (C=O) groups excluding carboxylic acids is 1. The maximum absolute atomic E-state index is 11.7. The van der Waals surface area contributed by atoms with Crippen LogP contribution in [0, 0.1) is 12.8 Å². The second kappa shape index (κ2) is 7.75. The Morgan fingerprint density at radius 2 is 2.10 bits per heavy atom. The fourth-order valence-corrected chi connectivity index (χ4v) is 1.79. The first-order chi connectivity index (χ1) is 9.47. The minimum Gasteiger partial charge on any atom is -0.496 e. The molecular weight excluding hydrogens is 256 g/mol. The van der Waals surface area contributed by atoms with Gasteiger partial charge in [-0.1, -0.05) is 19.1 Å². The number of hydrogen-bond donors (Lipinski definition) is 3. The summed E-state index contributed by atoms with van der Waals surface area (Å²) in [5, 5.41) is 14.6. The molecule has 0 aliphatic rings. The molecule has 0 aliphatic carbocycles. The topological polar surface area (TPSA) is 70.6 Å². The number of urea groups is 1. The Morgan fingerprint density at radius 1 is 1.40 bits per heavy atom. The van der Waals surface area contributed by atoms with E-state index >= 15 is 0 Å². The maximum atomic E-state index is 11.7. The molecule has 3 N–H and O–H groups in total. The summed E-state index contributed by atoms with van der Waals surface area (Å²) in [4.78, 5) is 11.7. The average Bonchev–Trinajstić information content (AvgIpc) is 2.44. The molecule has 1 aromatic rings. The van der Waals surface area contributed by atoms with Gasteiger partial charge in [-0.2, -0.15) is 0 Å². The maximum Gasteiger partial charge on any atom is 0.315 e. The van der Waals surface area contributed by atoms with Crippen molar-refractivity contribution in [1.82, 2.24) is 10.6 Å². The predicted octanol–water partition coefficient (Wildman–Crippen LogP) is 1.82. The molecule has 0 heterocycles. The van der Waals surface area contributed by atoms with Gasteiger partial charge in [-0.3, -0.25) is 0 Å². The normalized spacial score (nSPS) is 13.4. The van der Waals surface area contributed by atoms with E-state index in [9.17, 15) is 4.79 Å². The van der Waals surface area contributed by atoms with Gasteiger partial charge in [0.2, 0.25) is 0 Å². The summed E-state index contributed by atoms with van der Waals surface area (Å²) in [5.41, 5.74) is 2.05. The molecule has 1 aromatic carbocycles. The van der Waals surface area contributed by atoms with E-state index in [0.29, 0.717) is 6.54 Å². The highest BCUT2D eigenvalue weighted by atomic mass is 16.5. The van der Waals surface area contributed by atoms with E-state index in [2.05, 4.69) is 10.6 Å². The molecule has 0 spiro atoms. The fourth-order valence-electron chi connectivity index (χ4n) is 1.79. The lowest BCUT2D eigenvalue weighted by molar-refractivity contribution is 0.200. The Kier molecular flexibility index (Phi) is 6.31. The van der Waals surface area contributed by atoms with Crippen molar-refractivity contribution in [3.05, 3.63) is 29.3 Å². The van der Waals surface area contributed by atoms with E-state index in [-0.39, 0.29) is 24.6 Å². The monoisotopic (exact) mass is 280 g/mol. The number of ether oxygens (including phenoxy) is 1. The third kappa shape index (κ3) is 4.74. The van der Waals surface area contributed by atoms with Gasteiger partial charge in [-0.25, -0.2) is 4.79 Å². The van der Waals surface area contributed by atoms with Gasteiger partial charge in [0.05, 0.1) is 7.11 Å². The largest absolute Gasteiger partial charge is 0.496 e. The van der Waals surface area contributed by atoms with Crippen LogP contribution in [0.15, 0.2) is 18.2 Å². The summed E-state index contributed by atoms with van der Waals surface area (Å²) >= 11 is 0. The number of rotatable bonds is 6. The van der Waals surface area contributed by atoms with Crippen molar-refractivity contribution in [3.8, 4) is 5.75 Å². The van der Waals surface area contributed by atoms with Gasteiger partial charge < -0.3 is 20.5 Å². The highest BCUT2D eigenvalue weighted by molar-refractivity contribution is 5.74. The number of carbonyl (C=O) groups is 1. The van der Waals surface area contributed by atoms with Crippen molar-refractivity contribution in [2.45, 2.75) is 33.4 Å². The number of benzene rings is 1. The number of amides is 2. The van der Waals surface area contributed by atoms with Gasteiger partial charge >= 0.3 is 6.03 Å². The average molecular weight is 280 g/mol. The number of aliphatic hydroxyl groups is 1. The lowest BCUT2D eigenvalue weighted by Crippen LogP contribution is -2.43. The zero-order valence-electron chi connectivity index (χ0n) is 12.6. The molecule has 0 aliphatic heterocycles. The van der Waals surface area contributed by atoms with Crippen molar-refractivity contribution in [1.29, 1.82) is 0 Å². The highest BCUT2D eigenvalue weighted by Crippen LogP contribution is 2.18. The standard InChI is InChI=1S/C15H24N2O3/c1-10-7-13(5-6-14(10)20-4)8-16-15(19)17-12(3)11(2)9-18/h5-7,11-12,18H,8-9H2,1-4H3,(H2,16,17,19). The van der Waals surface area contributed by atoms with Crippen LogP contribution in [-0.2, 0) is 6.54 Å². The molecule has 0 saturated carbocycles. The minimum absolute atomic E-state index is 0.0315. The van der Waals surface area contributed by atoms with E-state index in [1.807, 2.05) is 39.0 Å². The third-order valence-electron chi connectivity index (χ3n) is 3.41. The summed E-state index contributed by atoms with van der Waals surface area (Å²) < 4.78 is 5.19. The van der Waals surface area contributed by atoms with Crippen LogP contribution in [0.3, 0.4) is 0 Å². The van der Waals surface area contributed by atoms with Crippen LogP contribution < -0.4 is 15.4 Å². The molecule has 0 saturated heterocycles. The highest BCUT2D eigenvalue weighted by Gasteiger charge is 2.13. The quantitative estimate of drug-likeness (QED) is 0.744. The zero-order valence-corrected chi connectivity index (χ0v) is 12.6. The fraction of sp³-hybridized carbons (Fsp3) is 0.533. The molecule has 1 rings (SSSR count). The van der Waals surface area contributed by atoms with Crippen molar-refractivity contribution in [3.63, 3.8) is 0 Å². The smallest absolute Gasteiger partial charge is 0.315 e. The molecular formula is C15H24N2O3. The van der Waals surface area contributed by atoms with Gasteiger partial charge in [0.1, 0.15) is 5.75 Å². The molecule has 0 radical (unpaired) electrons. The molecule has 20 heavy (non-hydrogen) atoms. The molecule has 112 valence electrons. The Hall–Kier alpha value is -1.75. The van der Waals surface area contributed by atoms with Gasteiger partial charge in [-0.05, 0) is 37.0 Å². The Morgan fingerprint density at radius 3 is 2.65 bits per heavy atom. The molecule has 5 nitrogen and oxygen atoms in total. The molecule has 0 fully saturated rings. The van der Waals surface area contributed by atoms with E-state index < -0.39 is 0 Å². The predicted molar refractivity (Wildman–Crippen MR) is 78.8 cm³/mol. The van der Waals surface area contributed by atoms with E-state index in [0.717, 1.165) is 16.9 Å². The van der Waals surface area contributed by atoms with Gasteiger partial charge in [0.25, 0.3) is 0 Å². The Labute approximate surface area is 120 Å². The van der Waals surface area contributed by atoms with Crippen molar-refractivity contribution in [2.24, 2.45) is 5.92 Å². The first-order valence-electron chi connectivity index (χ1n) is 6.76. The van der Waals surface area contributed by atoms with Crippen LogP contribution in [0.25, 0.3) is 0 Å². The Bertz CT molecular complexity index is 449. The second-order valence-corrected chi connectivity index (χ2v) is 5.08. The lowest BCUT2D eigenvalue weighted by atomic mass is 10.1. The summed E-state index contributed by atoms with van der Waals surface area (Å²) in [6.07, 6.45) is 0.